The number of nitrogens with one attached hydrogen (secondary N) is 1. The van der Waals surface area contributed by atoms with Gasteiger partial charge in [-0.2, -0.15) is 0 Å². The van der Waals surface area contributed by atoms with Crippen molar-refractivity contribution in [3.05, 3.63) is 44.7 Å². The molecule has 1 aliphatic heterocycles. The van der Waals surface area contributed by atoms with Crippen LogP contribution >= 0.6 is 24.0 Å². The van der Waals surface area contributed by atoms with Gasteiger partial charge in [0.05, 0.1) is 16.6 Å². The maximum Gasteiger partial charge on any atom is 0.267 e. The summed E-state index contributed by atoms with van der Waals surface area (Å²) in [5.74, 6) is 0.272. The molecular formula is C22H28N4O3S2. The minimum absolute atomic E-state index is 0.0459. The first-order valence-electron chi connectivity index (χ1n) is 10.3. The van der Waals surface area contributed by atoms with Crippen molar-refractivity contribution in [1.82, 2.24) is 14.3 Å². The smallest absolute Gasteiger partial charge is 0.267 e. The van der Waals surface area contributed by atoms with Crippen molar-refractivity contribution in [3.8, 4) is 0 Å². The predicted molar refractivity (Wildman–Crippen MR) is 131 cm³/mol. The number of ether oxygens (including phenoxy) is 1. The molecule has 1 amide bonds. The summed E-state index contributed by atoms with van der Waals surface area (Å²) in [6.07, 6.45) is 4.24. The number of amides is 1. The SMILES string of the molecule is Cc1cccn2c(=O)c(C=C3SC(=S)N(C(C)C)C3=O)c(NCCCOC(C)C)nc12. The lowest BCUT2D eigenvalue weighted by atomic mass is 10.2. The zero-order valence-electron chi connectivity index (χ0n) is 18.5. The van der Waals surface area contributed by atoms with E-state index >= 15 is 0 Å². The Kier molecular flexibility index (Phi) is 7.51. The van der Waals surface area contributed by atoms with Crippen LogP contribution < -0.4 is 10.9 Å². The van der Waals surface area contributed by atoms with E-state index in [-0.39, 0.29) is 23.6 Å². The van der Waals surface area contributed by atoms with E-state index in [2.05, 4.69) is 5.32 Å². The second-order valence-corrected chi connectivity index (χ2v) is 9.59. The first-order valence-corrected chi connectivity index (χ1v) is 11.6. The van der Waals surface area contributed by atoms with Gasteiger partial charge in [0.2, 0.25) is 0 Å². The molecule has 166 valence electrons. The van der Waals surface area contributed by atoms with Gasteiger partial charge < -0.3 is 10.1 Å². The molecule has 0 bridgehead atoms. The number of thiocarbonyl (C=S) groups is 1. The number of anilines is 1. The van der Waals surface area contributed by atoms with Crippen LogP contribution in [0.15, 0.2) is 28.0 Å². The Morgan fingerprint density at radius 2 is 2.03 bits per heavy atom. The minimum Gasteiger partial charge on any atom is -0.379 e. The van der Waals surface area contributed by atoms with Crippen LogP contribution in [0, 0.1) is 6.92 Å². The highest BCUT2D eigenvalue weighted by molar-refractivity contribution is 8.26. The van der Waals surface area contributed by atoms with Crippen molar-refractivity contribution in [1.29, 1.82) is 0 Å². The van der Waals surface area contributed by atoms with Crippen molar-refractivity contribution in [2.75, 3.05) is 18.5 Å². The molecule has 0 unspecified atom stereocenters. The number of carbonyl (C=O) groups excluding carboxylic acids is 1. The standard InChI is InChI=1S/C22H28N4O3S2/c1-13(2)26-21(28)17(31-22(26)30)12-16-18(23-9-7-11-29-14(3)4)24-19-15(5)8-6-10-25(19)20(16)27/h6,8,10,12-14,23H,7,9,11H2,1-5H3. The third kappa shape index (κ3) is 5.16. The van der Waals surface area contributed by atoms with Crippen LogP contribution in [0.5, 0.6) is 0 Å². The molecule has 3 rings (SSSR count). The first kappa shape index (κ1) is 23.4. The van der Waals surface area contributed by atoms with Gasteiger partial charge in [0.15, 0.2) is 0 Å². The normalized spacial score (nSPS) is 15.8. The van der Waals surface area contributed by atoms with E-state index in [1.165, 1.54) is 16.2 Å². The van der Waals surface area contributed by atoms with E-state index in [0.29, 0.717) is 39.4 Å². The van der Waals surface area contributed by atoms with Crippen LogP contribution in [-0.2, 0) is 9.53 Å². The highest BCUT2D eigenvalue weighted by atomic mass is 32.2. The number of hydrogen-bond donors (Lipinski definition) is 1. The van der Waals surface area contributed by atoms with Gasteiger partial charge in [0.25, 0.3) is 11.5 Å². The molecule has 9 heteroatoms. The largest absolute Gasteiger partial charge is 0.379 e. The maximum absolute atomic E-state index is 13.3. The van der Waals surface area contributed by atoms with Crippen LogP contribution in [0.3, 0.4) is 0 Å². The first-order chi connectivity index (χ1) is 14.7. The number of carbonyl (C=O) groups is 1. The van der Waals surface area contributed by atoms with Crippen LogP contribution in [0.25, 0.3) is 11.7 Å². The van der Waals surface area contributed by atoms with Gasteiger partial charge in [-0.15, -0.1) is 0 Å². The van der Waals surface area contributed by atoms with Gasteiger partial charge >= 0.3 is 0 Å². The molecule has 2 aromatic rings. The van der Waals surface area contributed by atoms with Gasteiger partial charge in [-0.1, -0.05) is 30.0 Å². The average molecular weight is 461 g/mol. The number of aryl methyl sites for hydroxylation is 1. The van der Waals surface area contributed by atoms with Crippen molar-refractivity contribution in [3.63, 3.8) is 0 Å². The van der Waals surface area contributed by atoms with Crippen molar-refractivity contribution >= 4 is 51.7 Å². The Balaban J connectivity index is 2.00. The Morgan fingerprint density at radius 3 is 2.68 bits per heavy atom. The second-order valence-electron chi connectivity index (χ2n) is 7.91. The van der Waals surface area contributed by atoms with Crippen LogP contribution in [-0.4, -0.2) is 49.8 Å². The Morgan fingerprint density at radius 1 is 1.29 bits per heavy atom. The van der Waals surface area contributed by atoms with Crippen molar-refractivity contribution in [2.45, 2.75) is 53.2 Å². The number of hydrogen-bond acceptors (Lipinski definition) is 7. The van der Waals surface area contributed by atoms with E-state index < -0.39 is 0 Å². The molecule has 0 radical (unpaired) electrons. The van der Waals surface area contributed by atoms with Crippen molar-refractivity contribution < 1.29 is 9.53 Å². The predicted octanol–water partition coefficient (Wildman–Crippen LogP) is 3.84. The summed E-state index contributed by atoms with van der Waals surface area (Å²) in [6, 6.07) is 3.68. The number of thioether (sulfide) groups is 1. The van der Waals surface area contributed by atoms with Gasteiger partial charge in [0, 0.05) is 25.4 Å². The molecule has 0 aromatic carbocycles. The summed E-state index contributed by atoms with van der Waals surface area (Å²) >= 11 is 6.58. The molecule has 31 heavy (non-hydrogen) atoms. The highest BCUT2D eigenvalue weighted by Gasteiger charge is 2.34. The molecule has 3 heterocycles. The number of fused-ring (bicyclic) bond motifs is 1. The van der Waals surface area contributed by atoms with E-state index in [9.17, 15) is 9.59 Å². The summed E-state index contributed by atoms with van der Waals surface area (Å²) in [5, 5.41) is 3.27. The second kappa shape index (κ2) is 9.93. The van der Waals surface area contributed by atoms with Crippen LogP contribution in [0.4, 0.5) is 5.82 Å². The van der Waals surface area contributed by atoms with Crippen LogP contribution in [0.2, 0.25) is 0 Å². The average Bonchev–Trinajstić information content (AvgIpc) is 2.98. The maximum atomic E-state index is 13.3. The van der Waals surface area contributed by atoms with Gasteiger partial charge in [-0.05, 0) is 58.7 Å². The quantitative estimate of drug-likeness (QED) is 0.364. The third-order valence-corrected chi connectivity index (χ3v) is 6.09. The molecule has 0 atom stereocenters. The summed E-state index contributed by atoms with van der Waals surface area (Å²) in [7, 11) is 0. The van der Waals surface area contributed by atoms with E-state index in [0.717, 1.165) is 12.0 Å². The van der Waals surface area contributed by atoms with E-state index in [1.54, 1.807) is 17.2 Å². The van der Waals surface area contributed by atoms with E-state index in [4.69, 9.17) is 21.9 Å². The number of nitrogens with zero attached hydrogens (tertiary/aromatic N) is 3. The summed E-state index contributed by atoms with van der Waals surface area (Å²) < 4.78 is 7.59. The zero-order chi connectivity index (χ0) is 22.7. The van der Waals surface area contributed by atoms with Gasteiger partial charge in [0.1, 0.15) is 15.8 Å². The topological polar surface area (TPSA) is 75.9 Å². The number of rotatable bonds is 8. The summed E-state index contributed by atoms with van der Waals surface area (Å²) in [6.45, 7) is 10.9. The van der Waals surface area contributed by atoms with Crippen LogP contribution in [0.1, 0.15) is 45.2 Å². The Hall–Kier alpha value is -2.23. The third-order valence-electron chi connectivity index (χ3n) is 4.76. The molecule has 1 aliphatic rings. The molecule has 2 aromatic heterocycles. The molecule has 1 saturated heterocycles. The summed E-state index contributed by atoms with van der Waals surface area (Å²) in [5.41, 5.74) is 1.59. The minimum atomic E-state index is -0.232. The Bertz CT molecular complexity index is 1090. The monoisotopic (exact) mass is 460 g/mol. The number of pyridine rings is 1. The lowest BCUT2D eigenvalue weighted by molar-refractivity contribution is -0.123. The molecule has 7 nitrogen and oxygen atoms in total. The van der Waals surface area contributed by atoms with Gasteiger partial charge in [-0.3, -0.25) is 18.9 Å². The molecule has 0 saturated carbocycles. The fourth-order valence-electron chi connectivity index (χ4n) is 3.23. The Labute approximate surface area is 191 Å². The van der Waals surface area contributed by atoms with Crippen molar-refractivity contribution in [2.24, 2.45) is 0 Å². The highest BCUT2D eigenvalue weighted by Crippen LogP contribution is 2.34. The fourth-order valence-corrected chi connectivity index (χ4v) is 4.74. The lowest BCUT2D eigenvalue weighted by Crippen LogP contribution is -2.34. The van der Waals surface area contributed by atoms with E-state index in [1.807, 2.05) is 46.8 Å². The zero-order valence-corrected chi connectivity index (χ0v) is 20.1. The summed E-state index contributed by atoms with van der Waals surface area (Å²) in [4.78, 5) is 32.9. The molecule has 1 fully saturated rings. The molecule has 1 N–H and O–H groups in total. The lowest BCUT2D eigenvalue weighted by Gasteiger charge is -2.18. The number of aromatic nitrogens is 2. The molecule has 0 spiro atoms. The molecule has 0 aliphatic carbocycles. The fraction of sp³-hybridized carbons (Fsp3) is 0.455. The molecular weight excluding hydrogens is 432 g/mol. The van der Waals surface area contributed by atoms with Gasteiger partial charge in [-0.25, -0.2) is 4.98 Å².